The summed E-state index contributed by atoms with van der Waals surface area (Å²) in [5.74, 6) is -5.11. The lowest BCUT2D eigenvalue weighted by atomic mass is 10.1. The lowest BCUT2D eigenvalue weighted by Gasteiger charge is -2.12. The van der Waals surface area contributed by atoms with Gasteiger partial charge in [0.25, 0.3) is 11.8 Å². The maximum Gasteiger partial charge on any atom is 0.356 e. The van der Waals surface area contributed by atoms with Crippen LogP contribution in [-0.4, -0.2) is 28.8 Å². The number of nitrogens with one attached hydrogen (secondary N) is 1. The molecule has 10 heteroatoms. The molecular weight excluding hydrogens is 391 g/mol. The predicted molar refractivity (Wildman–Crippen MR) is 93.8 cm³/mol. The fourth-order valence-corrected chi connectivity index (χ4v) is 2.23. The van der Waals surface area contributed by atoms with Gasteiger partial charge in [-0.15, -0.1) is 0 Å². The van der Waals surface area contributed by atoms with Gasteiger partial charge in [-0.05, 0) is 24.3 Å². The molecule has 0 aliphatic heterocycles. The van der Waals surface area contributed by atoms with Crippen LogP contribution in [0.2, 0.25) is 0 Å². The van der Waals surface area contributed by atoms with Gasteiger partial charge in [0.2, 0.25) is 5.82 Å². The van der Waals surface area contributed by atoms with Crippen LogP contribution in [0.15, 0.2) is 48.8 Å². The molecule has 2 aromatic carbocycles. The molecule has 0 fully saturated rings. The highest BCUT2D eigenvalue weighted by molar-refractivity contribution is 6.42. The number of esters is 1. The molecule has 0 unspecified atom stereocenters. The minimum atomic E-state index is -1.16. The number of hydrogen-bond donors (Lipinski definition) is 1. The predicted octanol–water partition coefficient (Wildman–Crippen LogP) is 4.02. The highest BCUT2D eigenvalue weighted by Crippen LogP contribution is 2.31. The molecule has 3 aromatic rings. The Hall–Kier alpha value is -3.95. The molecule has 1 heterocycles. The summed E-state index contributed by atoms with van der Waals surface area (Å²) >= 11 is 0. The highest BCUT2D eigenvalue weighted by Gasteiger charge is 2.21. The van der Waals surface area contributed by atoms with Crippen molar-refractivity contribution in [1.82, 2.24) is 9.97 Å². The highest BCUT2D eigenvalue weighted by atomic mass is 19.1. The topological polar surface area (TPSA) is 94.4 Å². The number of aromatic nitrogens is 2. The van der Waals surface area contributed by atoms with Gasteiger partial charge in [-0.25, -0.2) is 13.6 Å². The second kappa shape index (κ2) is 8.38. The Labute approximate surface area is 162 Å². The van der Waals surface area contributed by atoms with E-state index in [1.54, 1.807) is 0 Å². The van der Waals surface area contributed by atoms with E-state index in [2.05, 4.69) is 14.7 Å². The fourth-order valence-electron chi connectivity index (χ4n) is 2.23. The third kappa shape index (κ3) is 4.49. The monoisotopic (exact) mass is 403 g/mol. The van der Waals surface area contributed by atoms with E-state index in [9.17, 15) is 18.0 Å². The quantitative estimate of drug-likeness (QED) is 0.494. The van der Waals surface area contributed by atoms with Gasteiger partial charge < -0.3 is 14.2 Å². The van der Waals surface area contributed by atoms with Crippen molar-refractivity contribution in [2.75, 3.05) is 7.11 Å². The zero-order chi connectivity index (χ0) is 21.0. The molecule has 0 bridgehead atoms. The number of rotatable bonds is 6. The van der Waals surface area contributed by atoms with E-state index in [4.69, 9.17) is 14.9 Å². The van der Waals surface area contributed by atoms with Crippen molar-refractivity contribution < 1.29 is 32.2 Å². The summed E-state index contributed by atoms with van der Waals surface area (Å²) in [5, 5.41) is 7.81. The van der Waals surface area contributed by atoms with Crippen LogP contribution in [0.25, 0.3) is 0 Å². The first-order valence-corrected chi connectivity index (χ1v) is 7.97. The Morgan fingerprint density at radius 1 is 0.966 bits per heavy atom. The molecule has 0 aliphatic rings. The molecule has 7 nitrogen and oxygen atoms in total. The maximum absolute atomic E-state index is 14.7. The van der Waals surface area contributed by atoms with Gasteiger partial charge >= 0.3 is 5.97 Å². The summed E-state index contributed by atoms with van der Waals surface area (Å²) in [4.78, 5) is 18.8. The van der Waals surface area contributed by atoms with E-state index in [0.717, 1.165) is 37.7 Å². The van der Waals surface area contributed by atoms with E-state index >= 15 is 0 Å². The van der Waals surface area contributed by atoms with Gasteiger partial charge in [0.15, 0.2) is 5.71 Å². The molecule has 0 spiro atoms. The average molecular weight is 403 g/mol. The number of hydrogen-bond acceptors (Lipinski definition) is 7. The zero-order valence-electron chi connectivity index (χ0n) is 14.8. The summed E-state index contributed by atoms with van der Waals surface area (Å²) in [7, 11) is 1.07. The Morgan fingerprint density at radius 2 is 1.66 bits per heavy atom. The smallest absolute Gasteiger partial charge is 0.356 e. The lowest BCUT2D eigenvalue weighted by Crippen LogP contribution is -2.16. The number of carbonyl (C=O) groups is 1. The van der Waals surface area contributed by atoms with Gasteiger partial charge in [0.05, 0.1) is 7.11 Å². The minimum Gasteiger partial charge on any atom is -0.464 e. The number of carbonyl (C=O) groups excluding carboxylic acids is 1. The Kier molecular flexibility index (Phi) is 5.72. The van der Waals surface area contributed by atoms with Crippen molar-refractivity contribution in [3.63, 3.8) is 0 Å². The maximum atomic E-state index is 14.7. The van der Waals surface area contributed by atoms with Crippen LogP contribution in [0.4, 0.5) is 13.2 Å². The largest absolute Gasteiger partial charge is 0.464 e. The van der Waals surface area contributed by atoms with Crippen LogP contribution in [0.3, 0.4) is 0 Å². The molecule has 0 saturated carbocycles. The van der Waals surface area contributed by atoms with E-state index < -0.39 is 40.9 Å². The third-order valence-corrected chi connectivity index (χ3v) is 3.55. The number of methoxy groups -OCH3 is 1. The van der Waals surface area contributed by atoms with Crippen LogP contribution in [0, 0.1) is 22.9 Å². The number of benzene rings is 2. The second-order valence-electron chi connectivity index (χ2n) is 5.47. The van der Waals surface area contributed by atoms with Crippen LogP contribution in [-0.2, 0) is 9.53 Å². The fraction of sp³-hybridized carbons (Fsp3) is 0.0526. The number of nitrogens with zero attached hydrogens (tertiary/aromatic N) is 2. The van der Waals surface area contributed by atoms with Gasteiger partial charge in [0, 0.05) is 17.7 Å². The van der Waals surface area contributed by atoms with Gasteiger partial charge in [-0.3, -0.25) is 5.41 Å². The summed E-state index contributed by atoms with van der Waals surface area (Å²) in [5.41, 5.74) is -0.781. The van der Waals surface area contributed by atoms with Crippen molar-refractivity contribution in [1.29, 1.82) is 5.41 Å². The summed E-state index contributed by atoms with van der Waals surface area (Å²) in [6.07, 6.45) is 0.914. The molecule has 3 rings (SSSR count). The average Bonchev–Trinajstić information content (AvgIpc) is 2.70. The van der Waals surface area contributed by atoms with E-state index in [-0.39, 0.29) is 17.1 Å². The second-order valence-corrected chi connectivity index (χ2v) is 5.47. The van der Waals surface area contributed by atoms with Crippen LogP contribution >= 0.6 is 0 Å². The van der Waals surface area contributed by atoms with Crippen molar-refractivity contribution >= 4 is 11.7 Å². The zero-order valence-corrected chi connectivity index (χ0v) is 14.8. The molecule has 1 aromatic heterocycles. The molecular formula is C19H12F3N3O4. The first kappa shape index (κ1) is 19.8. The molecule has 0 saturated heterocycles. The summed E-state index contributed by atoms with van der Waals surface area (Å²) < 4.78 is 56.5. The lowest BCUT2D eigenvalue weighted by molar-refractivity contribution is -0.132. The molecule has 148 valence electrons. The van der Waals surface area contributed by atoms with Crippen LogP contribution < -0.4 is 9.47 Å². The normalized spacial score (nSPS) is 10.3. The minimum absolute atomic E-state index is 0.0209. The Bertz CT molecular complexity index is 1090. The van der Waals surface area contributed by atoms with Crippen LogP contribution in [0.5, 0.6) is 23.3 Å². The summed E-state index contributed by atoms with van der Waals surface area (Å²) in [6.45, 7) is 0. The molecule has 29 heavy (non-hydrogen) atoms. The van der Waals surface area contributed by atoms with Crippen molar-refractivity contribution in [3.8, 4) is 23.3 Å². The van der Waals surface area contributed by atoms with E-state index in [1.165, 1.54) is 18.2 Å². The molecule has 0 aliphatic carbocycles. The van der Waals surface area contributed by atoms with Crippen LogP contribution in [0.1, 0.15) is 5.56 Å². The van der Waals surface area contributed by atoms with E-state index in [1.807, 2.05) is 0 Å². The molecule has 0 radical (unpaired) electrons. The van der Waals surface area contributed by atoms with Crippen molar-refractivity contribution in [3.05, 3.63) is 71.8 Å². The van der Waals surface area contributed by atoms with Crippen molar-refractivity contribution in [2.24, 2.45) is 0 Å². The number of halogens is 3. The molecule has 0 atom stereocenters. The first-order valence-electron chi connectivity index (χ1n) is 7.97. The van der Waals surface area contributed by atoms with E-state index in [0.29, 0.717) is 0 Å². The number of ether oxygens (including phenoxy) is 3. The standard InChI is InChI=1S/C19H12F3N3O4/c1-27-19(26)16(23)13-6-5-11(21)8-14(13)29-18-15(22)17(24-9-25-18)28-12-4-2-3-10(20)7-12/h2-9,23H,1H3. The molecule has 0 amide bonds. The third-order valence-electron chi connectivity index (χ3n) is 3.55. The molecule has 1 N–H and O–H groups in total. The Morgan fingerprint density at radius 3 is 2.34 bits per heavy atom. The Balaban J connectivity index is 1.94. The first-order chi connectivity index (χ1) is 13.9. The van der Waals surface area contributed by atoms with Crippen molar-refractivity contribution in [2.45, 2.75) is 0 Å². The SMILES string of the molecule is COC(=O)C(=N)c1ccc(F)cc1Oc1ncnc(Oc2cccc(F)c2)c1F. The van der Waals surface area contributed by atoms with Gasteiger partial charge in [-0.2, -0.15) is 14.4 Å². The van der Waals surface area contributed by atoms with Gasteiger partial charge in [0.1, 0.15) is 29.5 Å². The summed E-state index contributed by atoms with van der Waals surface area (Å²) in [6, 6.07) is 7.89. The van der Waals surface area contributed by atoms with Gasteiger partial charge in [-0.1, -0.05) is 6.07 Å².